The number of amides is 3. The van der Waals surface area contributed by atoms with Gasteiger partial charge >= 0.3 is 12.3 Å². The van der Waals surface area contributed by atoms with Gasteiger partial charge in [-0.05, 0) is 52.0 Å². The van der Waals surface area contributed by atoms with Gasteiger partial charge in [0.05, 0.1) is 22.0 Å². The molecule has 0 bridgehead atoms. The summed E-state index contributed by atoms with van der Waals surface area (Å²) in [4.78, 5) is 48.0. The second kappa shape index (κ2) is 9.20. The van der Waals surface area contributed by atoms with Gasteiger partial charge in [0.25, 0.3) is 0 Å². The average molecular weight is 539 g/mol. The van der Waals surface area contributed by atoms with Crippen LogP contribution in [0.4, 0.5) is 35.2 Å². The van der Waals surface area contributed by atoms with Crippen molar-refractivity contribution in [2.24, 2.45) is 5.92 Å². The third kappa shape index (κ3) is 5.09. The molecule has 12 heteroatoms. The van der Waals surface area contributed by atoms with Crippen molar-refractivity contribution in [1.82, 2.24) is 4.98 Å². The molecule has 0 radical (unpaired) electrons. The highest BCUT2D eigenvalue weighted by molar-refractivity contribution is 6.35. The number of aromatic nitrogens is 1. The highest BCUT2D eigenvalue weighted by Crippen LogP contribution is 2.43. The second-order valence-corrected chi connectivity index (χ2v) is 10.5. The molecule has 198 valence electrons. The Bertz CT molecular complexity index is 1280. The molecule has 0 spiro atoms. The largest absolute Gasteiger partial charge is 0.443 e. The summed E-state index contributed by atoms with van der Waals surface area (Å²) in [5.41, 5.74) is -1.26. The molecule has 0 saturated carbocycles. The SMILES string of the molecule is Cc1cc(C(F)(F)F)cc(N2C(=O)C[C@@H]3CN(C(=O)OC(C)(C)C)c4c(Cl)cccc4N(C)C(=O)[C@H]32)n1. The first-order valence-corrected chi connectivity index (χ1v) is 11.9. The first-order chi connectivity index (χ1) is 17.1. The zero-order chi connectivity index (χ0) is 27.4. The quantitative estimate of drug-likeness (QED) is 0.498. The number of halogens is 4. The van der Waals surface area contributed by atoms with E-state index in [4.69, 9.17) is 16.3 Å². The number of likely N-dealkylation sites (N-methyl/N-ethyl adjacent to an activating group) is 1. The number of benzene rings is 1. The fourth-order valence-corrected chi connectivity index (χ4v) is 4.92. The normalized spacial score (nSPS) is 20.4. The number of carbonyl (C=O) groups excluding carboxylic acids is 3. The van der Waals surface area contributed by atoms with Crippen molar-refractivity contribution in [2.75, 3.05) is 28.3 Å². The Morgan fingerprint density at radius 2 is 1.84 bits per heavy atom. The van der Waals surface area contributed by atoms with Gasteiger partial charge in [-0.25, -0.2) is 9.78 Å². The second-order valence-electron chi connectivity index (χ2n) is 10.1. The summed E-state index contributed by atoms with van der Waals surface area (Å²) in [6.45, 7) is 6.34. The Morgan fingerprint density at radius 1 is 1.16 bits per heavy atom. The van der Waals surface area contributed by atoms with Crippen molar-refractivity contribution in [1.29, 1.82) is 0 Å². The van der Waals surface area contributed by atoms with Crippen molar-refractivity contribution in [2.45, 2.75) is 51.9 Å². The van der Waals surface area contributed by atoms with E-state index in [1.54, 1.807) is 39.0 Å². The molecule has 0 unspecified atom stereocenters. The van der Waals surface area contributed by atoms with Crippen molar-refractivity contribution >= 4 is 46.7 Å². The molecule has 2 aromatic rings. The lowest BCUT2D eigenvalue weighted by Gasteiger charge is -2.38. The minimum Gasteiger partial charge on any atom is -0.443 e. The van der Waals surface area contributed by atoms with E-state index in [2.05, 4.69) is 4.98 Å². The summed E-state index contributed by atoms with van der Waals surface area (Å²) in [6, 6.07) is 5.18. The number of alkyl halides is 3. The fourth-order valence-electron chi connectivity index (χ4n) is 4.65. The molecule has 0 N–H and O–H groups in total. The monoisotopic (exact) mass is 538 g/mol. The van der Waals surface area contributed by atoms with E-state index < -0.39 is 47.2 Å². The van der Waals surface area contributed by atoms with E-state index in [1.165, 1.54) is 23.8 Å². The van der Waals surface area contributed by atoms with Crippen molar-refractivity contribution in [3.05, 3.63) is 46.6 Å². The van der Waals surface area contributed by atoms with Crippen molar-refractivity contribution < 1.29 is 32.3 Å². The number of fused-ring (bicyclic) bond motifs is 2. The van der Waals surface area contributed by atoms with Crippen LogP contribution in [0.1, 0.15) is 38.4 Å². The molecule has 4 rings (SSSR count). The Morgan fingerprint density at radius 3 is 2.46 bits per heavy atom. The van der Waals surface area contributed by atoms with Gasteiger partial charge in [0.2, 0.25) is 11.8 Å². The van der Waals surface area contributed by atoms with Crippen molar-refractivity contribution in [3.63, 3.8) is 0 Å². The highest BCUT2D eigenvalue weighted by atomic mass is 35.5. The number of anilines is 3. The highest BCUT2D eigenvalue weighted by Gasteiger charge is 2.50. The molecule has 37 heavy (non-hydrogen) atoms. The standard InChI is InChI=1S/C25H26ClF3N4O4/c1-13-9-15(25(27,28)29)11-18(30-13)33-19(34)10-14-12-32(23(36)37-24(2,3)4)21-16(26)7-6-8-17(21)31(5)22(35)20(14)33/h6-9,11,14,20H,10,12H2,1-5H3/t14-,20+/m1/s1. The molecule has 2 aliphatic rings. The molecule has 1 saturated heterocycles. The number of pyridine rings is 1. The predicted octanol–water partition coefficient (Wildman–Crippen LogP) is 5.20. The number of nitrogens with zero attached hydrogens (tertiary/aromatic N) is 4. The van der Waals surface area contributed by atoms with E-state index in [9.17, 15) is 27.6 Å². The summed E-state index contributed by atoms with van der Waals surface area (Å²) in [7, 11) is 1.46. The van der Waals surface area contributed by atoms with Crippen molar-refractivity contribution in [3.8, 4) is 0 Å². The molecular formula is C25H26ClF3N4O4. The zero-order valence-corrected chi connectivity index (χ0v) is 21.6. The lowest BCUT2D eigenvalue weighted by Crippen LogP contribution is -2.53. The molecule has 8 nitrogen and oxygen atoms in total. The first-order valence-electron chi connectivity index (χ1n) is 11.5. The van der Waals surface area contributed by atoms with Crippen LogP contribution in [-0.2, 0) is 20.5 Å². The van der Waals surface area contributed by atoms with Gasteiger partial charge in [0.15, 0.2) is 0 Å². The number of hydrogen-bond acceptors (Lipinski definition) is 5. The Balaban J connectivity index is 1.85. The van der Waals surface area contributed by atoms with E-state index in [1.807, 2.05) is 0 Å². The van der Waals surface area contributed by atoms with Crippen LogP contribution in [0.15, 0.2) is 30.3 Å². The average Bonchev–Trinajstić information content (AvgIpc) is 3.09. The molecule has 0 aliphatic carbocycles. The van der Waals surface area contributed by atoms with Gasteiger partial charge in [0, 0.05) is 31.6 Å². The Hall–Kier alpha value is -3.34. The van der Waals surface area contributed by atoms with Crippen LogP contribution in [0.2, 0.25) is 5.02 Å². The summed E-state index contributed by atoms with van der Waals surface area (Å²) < 4.78 is 46.2. The first kappa shape index (κ1) is 26.7. The maximum Gasteiger partial charge on any atom is 0.416 e. The molecule has 1 fully saturated rings. The van der Waals surface area contributed by atoms with Crippen LogP contribution in [0.5, 0.6) is 0 Å². The lowest BCUT2D eigenvalue weighted by molar-refractivity contribution is -0.137. The van der Waals surface area contributed by atoms with E-state index in [0.717, 1.165) is 17.0 Å². The van der Waals surface area contributed by atoms with E-state index >= 15 is 0 Å². The number of hydrogen-bond donors (Lipinski definition) is 0. The van der Waals surface area contributed by atoms with Gasteiger partial charge < -0.3 is 9.64 Å². The molecule has 1 aromatic heterocycles. The summed E-state index contributed by atoms with van der Waals surface area (Å²) in [5.74, 6) is -2.16. The van der Waals surface area contributed by atoms with Crippen LogP contribution in [0.3, 0.4) is 0 Å². The van der Waals surface area contributed by atoms with Gasteiger partial charge in [-0.3, -0.25) is 19.4 Å². The number of rotatable bonds is 1. The minimum atomic E-state index is -4.67. The molecule has 3 amide bonds. The third-order valence-electron chi connectivity index (χ3n) is 6.16. The van der Waals surface area contributed by atoms with E-state index in [-0.39, 0.29) is 40.9 Å². The summed E-state index contributed by atoms with van der Waals surface area (Å²) in [6.07, 6.45) is -5.60. The van der Waals surface area contributed by atoms with E-state index in [0.29, 0.717) is 0 Å². The molecule has 1 aromatic carbocycles. The third-order valence-corrected chi connectivity index (χ3v) is 6.46. The fraction of sp³-hybridized carbons (Fsp3) is 0.440. The Labute approximate surface area is 216 Å². The van der Waals surface area contributed by atoms with Crippen LogP contribution >= 0.6 is 11.6 Å². The van der Waals surface area contributed by atoms with Crippen LogP contribution in [0, 0.1) is 12.8 Å². The molecule has 3 heterocycles. The molecule has 2 atom stereocenters. The van der Waals surface area contributed by atoms with Gasteiger partial charge in [-0.15, -0.1) is 0 Å². The van der Waals surface area contributed by atoms with Gasteiger partial charge in [0.1, 0.15) is 17.5 Å². The molecular weight excluding hydrogens is 513 g/mol. The maximum atomic E-state index is 13.8. The van der Waals surface area contributed by atoms with Crippen LogP contribution in [0.25, 0.3) is 0 Å². The zero-order valence-electron chi connectivity index (χ0n) is 20.9. The minimum absolute atomic E-state index is 0.0419. The predicted molar refractivity (Wildman–Crippen MR) is 132 cm³/mol. The smallest absolute Gasteiger partial charge is 0.416 e. The summed E-state index contributed by atoms with van der Waals surface area (Å²) in [5, 5.41) is 0.192. The Kier molecular flexibility index (Phi) is 6.64. The maximum absolute atomic E-state index is 13.8. The van der Waals surface area contributed by atoms with Crippen LogP contribution in [-0.4, -0.2) is 48.1 Å². The number of para-hydroxylation sites is 1. The number of ether oxygens (including phenoxy) is 1. The molecule has 2 aliphatic heterocycles. The van der Waals surface area contributed by atoms with Crippen LogP contribution < -0.4 is 14.7 Å². The van der Waals surface area contributed by atoms with Gasteiger partial charge in [-0.2, -0.15) is 13.2 Å². The number of carbonyl (C=O) groups is 3. The summed E-state index contributed by atoms with van der Waals surface area (Å²) >= 11 is 6.48. The van der Waals surface area contributed by atoms with Gasteiger partial charge in [-0.1, -0.05) is 17.7 Å². The lowest BCUT2D eigenvalue weighted by atomic mass is 9.96. The number of aryl methyl sites for hydroxylation is 1. The topological polar surface area (TPSA) is 83.1 Å².